The van der Waals surface area contributed by atoms with Crippen LogP contribution in [-0.2, 0) is 34.4 Å². The van der Waals surface area contributed by atoms with Crippen LogP contribution in [0.4, 0.5) is 0 Å². The fourth-order valence-corrected chi connectivity index (χ4v) is 9.90. The van der Waals surface area contributed by atoms with E-state index in [-0.39, 0.29) is 22.6 Å². The summed E-state index contributed by atoms with van der Waals surface area (Å²) in [5.41, 5.74) is 8.81. The van der Waals surface area contributed by atoms with E-state index in [4.69, 9.17) is 46.4 Å². The van der Waals surface area contributed by atoms with Crippen LogP contribution in [0.25, 0.3) is 55.8 Å². The highest BCUT2D eigenvalue weighted by molar-refractivity contribution is 9.08. The Hall–Kier alpha value is -7.92. The zero-order valence-corrected chi connectivity index (χ0v) is 47.4. The van der Waals surface area contributed by atoms with Crippen molar-refractivity contribution < 1.29 is 37.5 Å². The van der Waals surface area contributed by atoms with Crippen molar-refractivity contribution in [1.82, 2.24) is 45.1 Å². The highest BCUT2D eigenvalue weighted by Gasteiger charge is 2.19. The molecular weight excluding hydrogens is 1160 g/mol. The van der Waals surface area contributed by atoms with Crippen molar-refractivity contribution in [2.45, 2.75) is 57.5 Å². The molecular formula is C56H46BrCl2N9O9S2. The molecule has 402 valence electrons. The molecule has 18 nitrogen and oxygen atoms in total. The molecule has 23 heteroatoms. The lowest BCUT2D eigenvalue weighted by Crippen LogP contribution is -2.13. The fourth-order valence-electron chi connectivity index (χ4n) is 7.45. The van der Waals surface area contributed by atoms with E-state index in [9.17, 15) is 14.4 Å². The molecule has 0 radical (unpaired) electrons. The molecule has 11 aromatic rings. The van der Waals surface area contributed by atoms with Crippen molar-refractivity contribution in [1.29, 1.82) is 0 Å². The van der Waals surface area contributed by atoms with E-state index < -0.39 is 0 Å². The SMILES string of the molecule is COC(=O)c1cccc(-c2noc(C)n2)c1.Cc1nc(-c2cccc(CBr)c2)no1.Cc1nc(-c2cccc(CO)c2)no1.Cc1nc(-c2cccc(Cn3c(=O)sc4ccc(Cl)cc43)c2)no1.O=C1Cc2cc(Cl)ccc2S1. The monoisotopic (exact) mass is 1200 g/mol. The summed E-state index contributed by atoms with van der Waals surface area (Å²) in [6.45, 7) is 7.47. The summed E-state index contributed by atoms with van der Waals surface area (Å²) in [6, 6.07) is 41.2. The maximum Gasteiger partial charge on any atom is 0.337 e. The lowest BCUT2D eigenvalue weighted by atomic mass is 10.1. The minimum Gasteiger partial charge on any atom is -0.465 e. The number of benzene rings is 6. The van der Waals surface area contributed by atoms with Gasteiger partial charge in [0.05, 0.1) is 36.0 Å². The maximum atomic E-state index is 12.3. The maximum absolute atomic E-state index is 12.3. The predicted octanol–water partition coefficient (Wildman–Crippen LogP) is 12.9. The number of rotatable bonds is 9. The molecule has 1 N–H and O–H groups in total. The van der Waals surface area contributed by atoms with Gasteiger partial charge in [0.25, 0.3) is 0 Å². The van der Waals surface area contributed by atoms with Crippen molar-refractivity contribution in [3.63, 3.8) is 0 Å². The van der Waals surface area contributed by atoms with Crippen LogP contribution in [0, 0.1) is 27.7 Å². The average molecular weight is 1200 g/mol. The first-order chi connectivity index (χ1) is 38.1. The van der Waals surface area contributed by atoms with Gasteiger partial charge >= 0.3 is 10.8 Å². The van der Waals surface area contributed by atoms with Gasteiger partial charge in [-0.15, -0.1) is 0 Å². The summed E-state index contributed by atoms with van der Waals surface area (Å²) in [4.78, 5) is 52.2. The Labute approximate surface area is 477 Å². The number of carbonyl (C=O) groups excluding carboxylic acids is 2. The third-order valence-corrected chi connectivity index (χ3v) is 14.2. The van der Waals surface area contributed by atoms with Crippen LogP contribution in [0.2, 0.25) is 10.0 Å². The van der Waals surface area contributed by atoms with Crippen LogP contribution < -0.4 is 4.87 Å². The number of aliphatic hydroxyl groups excluding tert-OH is 1. The van der Waals surface area contributed by atoms with E-state index >= 15 is 0 Å². The van der Waals surface area contributed by atoms with Gasteiger partial charge < -0.3 is 27.9 Å². The Morgan fingerprint density at radius 1 is 0.620 bits per heavy atom. The molecule has 6 heterocycles. The van der Waals surface area contributed by atoms with Crippen LogP contribution in [0.3, 0.4) is 0 Å². The number of thioether (sulfide) groups is 1. The summed E-state index contributed by atoms with van der Waals surface area (Å²) in [5, 5.41) is 26.7. The predicted molar refractivity (Wildman–Crippen MR) is 304 cm³/mol. The molecule has 0 amide bonds. The number of carbonyl (C=O) groups is 2. The lowest BCUT2D eigenvalue weighted by molar-refractivity contribution is -0.110. The van der Waals surface area contributed by atoms with Crippen molar-refractivity contribution >= 4 is 83.5 Å². The van der Waals surface area contributed by atoms with E-state index in [1.165, 1.54) is 35.8 Å². The molecule has 1 aliphatic heterocycles. The summed E-state index contributed by atoms with van der Waals surface area (Å²) < 4.78 is 27.0. The minimum absolute atomic E-state index is 0.00641. The van der Waals surface area contributed by atoms with Gasteiger partial charge in [-0.2, -0.15) is 19.9 Å². The number of aliphatic hydroxyl groups is 1. The number of aromatic nitrogens is 9. The van der Waals surface area contributed by atoms with Crippen molar-refractivity contribution in [2.75, 3.05) is 7.11 Å². The molecule has 5 aromatic heterocycles. The van der Waals surface area contributed by atoms with Crippen LogP contribution in [-0.4, -0.2) is 68.4 Å². The highest BCUT2D eigenvalue weighted by Crippen LogP contribution is 2.34. The number of halogens is 3. The van der Waals surface area contributed by atoms with Gasteiger partial charge in [0.2, 0.25) is 46.9 Å². The van der Waals surface area contributed by atoms with E-state index in [2.05, 4.69) is 61.2 Å². The third kappa shape index (κ3) is 15.6. The minimum atomic E-state index is -0.387. The van der Waals surface area contributed by atoms with Gasteiger partial charge in [0.15, 0.2) is 5.12 Å². The first kappa shape index (κ1) is 57.3. The second kappa shape index (κ2) is 27.1. The molecule has 79 heavy (non-hydrogen) atoms. The summed E-state index contributed by atoms with van der Waals surface area (Å²) >= 11 is 17.8. The number of alkyl halides is 1. The second-order valence-electron chi connectivity index (χ2n) is 17.0. The molecule has 0 spiro atoms. The highest BCUT2D eigenvalue weighted by atomic mass is 79.9. The van der Waals surface area contributed by atoms with E-state index in [0.717, 1.165) is 59.4 Å². The van der Waals surface area contributed by atoms with E-state index in [1.807, 2.05) is 103 Å². The molecule has 0 aliphatic carbocycles. The van der Waals surface area contributed by atoms with Crippen LogP contribution in [0.1, 0.15) is 56.2 Å². The first-order valence-electron chi connectivity index (χ1n) is 23.8. The number of thiazole rings is 1. The van der Waals surface area contributed by atoms with Gasteiger partial charge in [0, 0.05) is 76.6 Å². The zero-order valence-electron chi connectivity index (χ0n) is 42.7. The van der Waals surface area contributed by atoms with Gasteiger partial charge in [0.1, 0.15) is 0 Å². The van der Waals surface area contributed by atoms with Crippen molar-refractivity contribution in [3.8, 4) is 45.6 Å². The number of ether oxygens (including phenoxy) is 1. The second-order valence-corrected chi connectivity index (χ2v) is 20.5. The van der Waals surface area contributed by atoms with Crippen LogP contribution in [0.5, 0.6) is 0 Å². The van der Waals surface area contributed by atoms with E-state index in [0.29, 0.717) is 75.4 Å². The summed E-state index contributed by atoms with van der Waals surface area (Å²) in [6.07, 6.45) is 0.528. The van der Waals surface area contributed by atoms with Gasteiger partial charge in [-0.3, -0.25) is 14.2 Å². The standard InChI is InChI=1S/C17H12ClN3O2S.C11H10N2O3.C10H9BrN2O.C10H10N2O2.C8H5ClOS/c1-10-19-16(20-23-10)12-4-2-3-11(7-12)9-21-14-8-13(18)5-6-15(14)24-17(21)22;1-7-12-10(13-16-7)8-4-3-5-9(6-8)11(14)15-2;1-7-12-10(13-14-7)9-4-2-3-8(5-9)6-11;1-7-11-10(12-14-7)9-4-2-3-8(5-9)6-13;9-6-1-2-7-5(3-6)4-8(10)11-7/h2-8H,9H2,1H3;3-6H,1-2H3;2-5H,6H2,1H3;2-5,13H,6H2,1H3;1-3H,4H2. The average Bonchev–Trinajstić information content (AvgIpc) is 4.43. The number of methoxy groups -OCH3 is 1. The Kier molecular flexibility index (Phi) is 19.6. The normalized spacial score (nSPS) is 11.3. The lowest BCUT2D eigenvalue weighted by Gasteiger charge is -2.05. The van der Waals surface area contributed by atoms with Crippen LogP contribution >= 0.6 is 62.2 Å². The number of esters is 1. The smallest absolute Gasteiger partial charge is 0.337 e. The Morgan fingerprint density at radius 3 is 1.59 bits per heavy atom. The Balaban J connectivity index is 0.000000134. The molecule has 12 rings (SSSR count). The number of hydrogen-bond donors (Lipinski definition) is 1. The first-order valence-corrected chi connectivity index (χ1v) is 27.3. The molecule has 6 aromatic carbocycles. The number of aryl methyl sites for hydroxylation is 4. The van der Waals surface area contributed by atoms with Crippen molar-refractivity contribution in [3.05, 3.63) is 205 Å². The molecule has 0 saturated heterocycles. The summed E-state index contributed by atoms with van der Waals surface area (Å²) in [7, 11) is 1.34. The zero-order chi connectivity index (χ0) is 56.0. The fraction of sp³-hybridized carbons (Fsp3) is 0.161. The van der Waals surface area contributed by atoms with Gasteiger partial charge in [-0.05, 0) is 89.0 Å². The van der Waals surface area contributed by atoms with Gasteiger partial charge in [-0.25, -0.2) is 4.79 Å². The quantitative estimate of drug-likeness (QED) is 0.104. The largest absolute Gasteiger partial charge is 0.465 e. The number of hydrogen-bond acceptors (Lipinski definition) is 19. The number of fused-ring (bicyclic) bond motifs is 2. The topological polar surface area (TPSA) is 241 Å². The summed E-state index contributed by atoms with van der Waals surface area (Å²) in [5.74, 6) is 3.94. The molecule has 0 fully saturated rings. The van der Waals surface area contributed by atoms with E-state index in [1.54, 1.807) is 62.6 Å². The Morgan fingerprint density at radius 2 is 1.09 bits per heavy atom. The molecule has 1 aliphatic rings. The molecule has 0 bridgehead atoms. The van der Waals surface area contributed by atoms with Crippen LogP contribution in [0.15, 0.2) is 161 Å². The van der Waals surface area contributed by atoms with Gasteiger partial charge in [-0.1, -0.05) is 150 Å². The third-order valence-electron chi connectivity index (χ3n) is 11.1. The number of nitrogens with zero attached hydrogens (tertiary/aromatic N) is 9. The Bertz CT molecular complexity index is 3860. The van der Waals surface area contributed by atoms with Crippen molar-refractivity contribution in [2.24, 2.45) is 0 Å². The molecule has 0 saturated carbocycles. The molecule has 0 atom stereocenters. The molecule has 0 unspecified atom stereocenters.